The molecule has 0 saturated heterocycles. The van der Waals surface area contributed by atoms with Gasteiger partial charge >= 0.3 is 0 Å². The lowest BCUT2D eigenvalue weighted by atomic mass is 10.1. The average Bonchev–Trinajstić information content (AvgIpc) is 3.30. The van der Waals surface area contributed by atoms with E-state index in [0.717, 1.165) is 58.9 Å². The topological polar surface area (TPSA) is 49.4 Å². The van der Waals surface area contributed by atoms with E-state index in [2.05, 4.69) is 5.32 Å². The average molecular weight is 473 g/mol. The summed E-state index contributed by atoms with van der Waals surface area (Å²) in [6.07, 6.45) is 5.58. The first-order valence-electron chi connectivity index (χ1n) is 11.5. The van der Waals surface area contributed by atoms with Gasteiger partial charge in [-0.15, -0.1) is 11.8 Å². The molecule has 1 aliphatic rings. The fraction of sp³-hybridized carbons (Fsp3) is 0.462. The molecule has 172 valence electrons. The number of carbonyl (C=O) groups is 2. The molecular weight excluding hydrogens is 440 g/mol. The molecule has 32 heavy (non-hydrogen) atoms. The van der Waals surface area contributed by atoms with Crippen LogP contribution in [0.4, 0.5) is 0 Å². The Hall–Kier alpha value is -1.98. The number of nitrogens with one attached hydrogen (secondary N) is 1. The number of amides is 2. The molecule has 0 aromatic heterocycles. The Morgan fingerprint density at radius 3 is 2.50 bits per heavy atom. The molecule has 0 unspecified atom stereocenters. The van der Waals surface area contributed by atoms with Crippen molar-refractivity contribution < 1.29 is 9.59 Å². The van der Waals surface area contributed by atoms with Crippen LogP contribution in [-0.4, -0.2) is 34.6 Å². The van der Waals surface area contributed by atoms with Crippen LogP contribution in [0.5, 0.6) is 0 Å². The van der Waals surface area contributed by atoms with Gasteiger partial charge in [-0.3, -0.25) is 9.59 Å². The van der Waals surface area contributed by atoms with E-state index in [1.807, 2.05) is 62.4 Å². The zero-order valence-corrected chi connectivity index (χ0v) is 20.6. The predicted octanol–water partition coefficient (Wildman–Crippen LogP) is 6.00. The van der Waals surface area contributed by atoms with Crippen molar-refractivity contribution in [1.82, 2.24) is 10.2 Å². The highest BCUT2D eigenvalue weighted by Crippen LogP contribution is 2.23. The maximum atomic E-state index is 13.2. The lowest BCUT2D eigenvalue weighted by Crippen LogP contribution is -2.49. The second-order valence-electron chi connectivity index (χ2n) is 8.52. The van der Waals surface area contributed by atoms with Gasteiger partial charge in [-0.2, -0.15) is 0 Å². The predicted molar refractivity (Wildman–Crippen MR) is 133 cm³/mol. The molecule has 1 N–H and O–H groups in total. The molecule has 6 heteroatoms. The van der Waals surface area contributed by atoms with Crippen LogP contribution in [0, 0.1) is 6.92 Å². The number of nitrogens with zero attached hydrogens (tertiary/aromatic N) is 1. The number of benzene rings is 2. The molecule has 0 spiro atoms. The molecule has 0 bridgehead atoms. The maximum absolute atomic E-state index is 13.2. The molecule has 1 fully saturated rings. The summed E-state index contributed by atoms with van der Waals surface area (Å²) >= 11 is 7.66. The van der Waals surface area contributed by atoms with E-state index in [4.69, 9.17) is 11.6 Å². The normalized spacial score (nSPS) is 14.8. The van der Waals surface area contributed by atoms with E-state index in [0.29, 0.717) is 13.0 Å². The van der Waals surface area contributed by atoms with Crippen LogP contribution in [0.3, 0.4) is 0 Å². The molecule has 0 radical (unpaired) electrons. The lowest BCUT2D eigenvalue weighted by Gasteiger charge is -2.30. The summed E-state index contributed by atoms with van der Waals surface area (Å²) in [6, 6.07) is 15.6. The molecule has 2 aromatic carbocycles. The van der Waals surface area contributed by atoms with Crippen molar-refractivity contribution in [3.05, 3.63) is 64.7 Å². The second kappa shape index (κ2) is 12.3. The van der Waals surface area contributed by atoms with Gasteiger partial charge in [0.2, 0.25) is 11.8 Å². The van der Waals surface area contributed by atoms with Crippen molar-refractivity contribution in [3.8, 4) is 0 Å². The molecule has 1 aliphatic carbocycles. The first kappa shape index (κ1) is 24.7. The summed E-state index contributed by atoms with van der Waals surface area (Å²) in [4.78, 5) is 29.1. The van der Waals surface area contributed by atoms with Crippen LogP contribution >= 0.6 is 23.4 Å². The SMILES string of the molecule is Cc1ccccc1CN(C(=O)CCCSc1ccc(Cl)cc1)[C@H](C)C(=O)NC1CCCC1. The highest BCUT2D eigenvalue weighted by molar-refractivity contribution is 7.99. The molecular formula is C26H33ClN2O2S. The van der Waals surface area contributed by atoms with Crippen molar-refractivity contribution in [3.63, 3.8) is 0 Å². The van der Waals surface area contributed by atoms with E-state index in [1.54, 1.807) is 16.7 Å². The molecule has 0 aliphatic heterocycles. The highest BCUT2D eigenvalue weighted by Gasteiger charge is 2.28. The van der Waals surface area contributed by atoms with E-state index in [1.165, 1.54) is 0 Å². The number of hydrogen-bond acceptors (Lipinski definition) is 3. The summed E-state index contributed by atoms with van der Waals surface area (Å²) in [6.45, 7) is 4.35. The van der Waals surface area contributed by atoms with E-state index < -0.39 is 6.04 Å². The maximum Gasteiger partial charge on any atom is 0.242 e. The minimum absolute atomic E-state index is 0.0269. The van der Waals surface area contributed by atoms with Gasteiger partial charge in [-0.1, -0.05) is 48.7 Å². The van der Waals surface area contributed by atoms with Crippen LogP contribution in [0.1, 0.15) is 56.6 Å². The van der Waals surface area contributed by atoms with Crippen molar-refractivity contribution >= 4 is 35.2 Å². The largest absolute Gasteiger partial charge is 0.352 e. The fourth-order valence-corrected chi connectivity index (χ4v) is 5.01. The van der Waals surface area contributed by atoms with Crippen molar-refractivity contribution in [2.24, 2.45) is 0 Å². The Balaban J connectivity index is 1.60. The van der Waals surface area contributed by atoms with Gasteiger partial charge in [0.25, 0.3) is 0 Å². The van der Waals surface area contributed by atoms with Gasteiger partial charge in [0.05, 0.1) is 0 Å². The minimum Gasteiger partial charge on any atom is -0.352 e. The highest BCUT2D eigenvalue weighted by atomic mass is 35.5. The Bertz CT molecular complexity index is 897. The van der Waals surface area contributed by atoms with Gasteiger partial charge in [0, 0.05) is 28.9 Å². The van der Waals surface area contributed by atoms with Gasteiger partial charge < -0.3 is 10.2 Å². The summed E-state index contributed by atoms with van der Waals surface area (Å²) in [5, 5.41) is 3.88. The Morgan fingerprint density at radius 2 is 1.81 bits per heavy atom. The summed E-state index contributed by atoms with van der Waals surface area (Å²) in [7, 11) is 0. The Morgan fingerprint density at radius 1 is 1.12 bits per heavy atom. The third kappa shape index (κ3) is 7.28. The van der Waals surface area contributed by atoms with E-state index in [9.17, 15) is 9.59 Å². The number of aryl methyl sites for hydroxylation is 1. The lowest BCUT2D eigenvalue weighted by molar-refractivity contribution is -0.140. The third-order valence-corrected chi connectivity index (χ3v) is 7.44. The number of rotatable bonds is 10. The monoisotopic (exact) mass is 472 g/mol. The molecule has 1 atom stereocenters. The van der Waals surface area contributed by atoms with Gasteiger partial charge in [-0.05, 0) is 74.3 Å². The molecule has 0 heterocycles. The Kier molecular flexibility index (Phi) is 9.49. The van der Waals surface area contributed by atoms with Crippen LogP contribution in [0.25, 0.3) is 0 Å². The quantitative estimate of drug-likeness (QED) is 0.341. The summed E-state index contributed by atoms with van der Waals surface area (Å²) in [5.74, 6) is 0.822. The minimum atomic E-state index is -0.494. The van der Waals surface area contributed by atoms with E-state index in [-0.39, 0.29) is 17.9 Å². The molecule has 2 amide bonds. The first-order valence-corrected chi connectivity index (χ1v) is 12.8. The Labute approximate surface area is 201 Å². The smallest absolute Gasteiger partial charge is 0.242 e. The standard InChI is InChI=1S/C26H33ClN2O2S/c1-19-8-3-4-9-21(19)18-29(20(2)26(31)28-23-10-5-6-11-23)25(30)12-7-17-32-24-15-13-22(27)14-16-24/h3-4,8-9,13-16,20,23H,5-7,10-12,17-18H2,1-2H3,(H,28,31)/t20-/m1/s1. The summed E-state index contributed by atoms with van der Waals surface area (Å²) < 4.78 is 0. The van der Waals surface area contributed by atoms with E-state index >= 15 is 0 Å². The fourth-order valence-electron chi connectivity index (χ4n) is 4.03. The van der Waals surface area contributed by atoms with Crippen molar-refractivity contribution in [2.75, 3.05) is 5.75 Å². The first-order chi connectivity index (χ1) is 15.4. The molecule has 4 nitrogen and oxygen atoms in total. The van der Waals surface area contributed by atoms with Crippen molar-refractivity contribution in [2.45, 2.75) is 75.9 Å². The third-order valence-electron chi connectivity index (χ3n) is 6.09. The van der Waals surface area contributed by atoms with Crippen LogP contribution in [-0.2, 0) is 16.1 Å². The molecule has 3 rings (SSSR count). The van der Waals surface area contributed by atoms with Crippen molar-refractivity contribution in [1.29, 1.82) is 0 Å². The van der Waals surface area contributed by atoms with Crippen LogP contribution in [0.2, 0.25) is 5.02 Å². The van der Waals surface area contributed by atoms with Crippen LogP contribution in [0.15, 0.2) is 53.4 Å². The summed E-state index contributed by atoms with van der Waals surface area (Å²) in [5.41, 5.74) is 2.21. The number of halogens is 1. The number of hydrogen-bond donors (Lipinski definition) is 1. The zero-order chi connectivity index (χ0) is 22.9. The number of thioether (sulfide) groups is 1. The van der Waals surface area contributed by atoms with Gasteiger partial charge in [-0.25, -0.2) is 0 Å². The number of carbonyl (C=O) groups excluding carboxylic acids is 2. The second-order valence-corrected chi connectivity index (χ2v) is 10.1. The molecule has 1 saturated carbocycles. The van der Waals surface area contributed by atoms with Crippen LogP contribution < -0.4 is 5.32 Å². The van der Waals surface area contributed by atoms with Gasteiger partial charge in [0.1, 0.15) is 6.04 Å². The zero-order valence-electron chi connectivity index (χ0n) is 19.0. The molecule has 2 aromatic rings. The van der Waals surface area contributed by atoms with Gasteiger partial charge in [0.15, 0.2) is 0 Å².